The Bertz CT molecular complexity index is 1040. The molecule has 0 atom stereocenters. The van der Waals surface area contributed by atoms with E-state index in [-0.39, 0.29) is 30.5 Å². The molecule has 3 rings (SSSR count). The van der Waals surface area contributed by atoms with Crippen LogP contribution in [0, 0.1) is 5.82 Å². The average Bonchev–Trinajstić information content (AvgIpc) is 3.06. The normalized spacial score (nSPS) is 14.6. The van der Waals surface area contributed by atoms with Crippen molar-refractivity contribution in [3.8, 4) is 17.2 Å². The number of imide groups is 1. The minimum absolute atomic E-state index is 0.0585. The number of amides is 2. The lowest BCUT2D eigenvalue weighted by Crippen LogP contribution is -2.32. The van der Waals surface area contributed by atoms with Crippen LogP contribution >= 0.6 is 11.8 Å². The number of benzene rings is 2. The summed E-state index contributed by atoms with van der Waals surface area (Å²) in [6, 6.07) is 10.3. The topological polar surface area (TPSA) is 91.4 Å². The molecule has 1 fully saturated rings. The van der Waals surface area contributed by atoms with Gasteiger partial charge in [0.2, 0.25) is 0 Å². The lowest BCUT2D eigenvalue weighted by molar-refractivity contribution is -0.142. The number of esters is 1. The van der Waals surface area contributed by atoms with Crippen LogP contribution in [-0.2, 0) is 14.3 Å². The maximum Gasteiger partial charge on any atom is 0.343 e. The Balaban J connectivity index is 1.64. The molecule has 2 amide bonds. The van der Waals surface area contributed by atoms with Crippen molar-refractivity contribution in [1.29, 1.82) is 0 Å². The van der Waals surface area contributed by atoms with Gasteiger partial charge in [0.1, 0.15) is 18.2 Å². The van der Waals surface area contributed by atoms with E-state index in [9.17, 15) is 18.8 Å². The maximum atomic E-state index is 12.9. The maximum absolute atomic E-state index is 12.9. The lowest BCUT2D eigenvalue weighted by Gasteiger charge is -2.13. The van der Waals surface area contributed by atoms with Crippen molar-refractivity contribution in [2.75, 3.05) is 34.0 Å². The second-order valence-corrected chi connectivity index (χ2v) is 7.40. The Hall–Kier alpha value is -3.53. The summed E-state index contributed by atoms with van der Waals surface area (Å²) >= 11 is 0.820. The van der Waals surface area contributed by atoms with Crippen LogP contribution in [0.3, 0.4) is 0 Å². The van der Waals surface area contributed by atoms with E-state index in [1.54, 1.807) is 24.3 Å². The van der Waals surface area contributed by atoms with Crippen molar-refractivity contribution in [2.45, 2.75) is 0 Å². The Morgan fingerprint density at radius 1 is 1.06 bits per heavy atom. The van der Waals surface area contributed by atoms with Gasteiger partial charge in [-0.1, -0.05) is 6.07 Å². The third kappa shape index (κ3) is 5.79. The SMILES string of the molecule is COC(=O)COc1ccc(/C=C2\SC(=O)N(CCOc3ccc(F)cc3)C2=O)cc1OC. The summed E-state index contributed by atoms with van der Waals surface area (Å²) < 4.78 is 33.6. The zero-order valence-electron chi connectivity index (χ0n) is 17.3. The number of hydrogen-bond acceptors (Lipinski definition) is 8. The molecule has 168 valence electrons. The molecule has 0 radical (unpaired) electrons. The summed E-state index contributed by atoms with van der Waals surface area (Å²) in [6.07, 6.45) is 1.57. The summed E-state index contributed by atoms with van der Waals surface area (Å²) in [4.78, 5) is 37.5. The number of nitrogens with zero attached hydrogens (tertiary/aromatic N) is 1. The van der Waals surface area contributed by atoms with E-state index in [2.05, 4.69) is 4.74 Å². The van der Waals surface area contributed by atoms with Crippen LogP contribution in [0.25, 0.3) is 6.08 Å². The third-order valence-corrected chi connectivity index (χ3v) is 5.24. The fourth-order valence-electron chi connectivity index (χ4n) is 2.72. The van der Waals surface area contributed by atoms with Gasteiger partial charge in [-0.25, -0.2) is 9.18 Å². The molecule has 0 aromatic heterocycles. The van der Waals surface area contributed by atoms with E-state index in [1.807, 2.05) is 0 Å². The Labute approximate surface area is 187 Å². The molecule has 2 aromatic rings. The van der Waals surface area contributed by atoms with Gasteiger partial charge in [-0.05, 0) is 59.8 Å². The highest BCUT2D eigenvalue weighted by molar-refractivity contribution is 8.18. The first-order chi connectivity index (χ1) is 15.4. The first kappa shape index (κ1) is 23.1. The molecule has 0 saturated carbocycles. The first-order valence-electron chi connectivity index (χ1n) is 9.42. The quantitative estimate of drug-likeness (QED) is 0.414. The molecule has 1 aliphatic rings. The largest absolute Gasteiger partial charge is 0.493 e. The van der Waals surface area contributed by atoms with Gasteiger partial charge in [-0.15, -0.1) is 0 Å². The lowest BCUT2D eigenvalue weighted by atomic mass is 10.2. The van der Waals surface area contributed by atoms with Crippen LogP contribution in [-0.4, -0.2) is 56.0 Å². The number of ether oxygens (including phenoxy) is 4. The van der Waals surface area contributed by atoms with Gasteiger partial charge in [-0.2, -0.15) is 0 Å². The predicted octanol–water partition coefficient (Wildman–Crippen LogP) is 3.50. The van der Waals surface area contributed by atoms with Gasteiger partial charge >= 0.3 is 5.97 Å². The zero-order chi connectivity index (χ0) is 23.1. The highest BCUT2D eigenvalue weighted by Crippen LogP contribution is 2.34. The van der Waals surface area contributed by atoms with Crippen molar-refractivity contribution in [3.05, 3.63) is 58.8 Å². The summed E-state index contributed by atoms with van der Waals surface area (Å²) in [5.74, 6) is -0.222. The van der Waals surface area contributed by atoms with Crippen molar-refractivity contribution in [3.63, 3.8) is 0 Å². The van der Waals surface area contributed by atoms with E-state index in [0.717, 1.165) is 16.7 Å². The fourth-order valence-corrected chi connectivity index (χ4v) is 3.58. The molecule has 1 heterocycles. The number of methoxy groups -OCH3 is 2. The smallest absolute Gasteiger partial charge is 0.343 e. The van der Waals surface area contributed by atoms with E-state index in [1.165, 1.54) is 38.5 Å². The van der Waals surface area contributed by atoms with Crippen molar-refractivity contribution >= 4 is 35.0 Å². The second kappa shape index (κ2) is 10.7. The summed E-state index contributed by atoms with van der Waals surface area (Å²) in [5, 5.41) is -0.408. The van der Waals surface area contributed by atoms with E-state index in [4.69, 9.17) is 14.2 Å². The molecule has 10 heteroatoms. The molecule has 0 N–H and O–H groups in total. The Morgan fingerprint density at radius 3 is 2.50 bits per heavy atom. The molecule has 0 aliphatic carbocycles. The number of hydrogen-bond donors (Lipinski definition) is 0. The molecular formula is C22H20FNO7S. The summed E-state index contributed by atoms with van der Waals surface area (Å²) in [6.45, 7) is -0.134. The van der Waals surface area contributed by atoms with Gasteiger partial charge < -0.3 is 18.9 Å². The van der Waals surface area contributed by atoms with Crippen LogP contribution in [0.1, 0.15) is 5.56 Å². The predicted molar refractivity (Wildman–Crippen MR) is 115 cm³/mol. The minimum atomic E-state index is -0.534. The standard InChI is InChI=1S/C22H20FNO7S/c1-28-18-11-14(3-8-17(18)31-13-20(25)29-2)12-19-21(26)24(22(27)32-19)9-10-30-16-6-4-15(23)5-7-16/h3-8,11-12H,9-10,13H2,1-2H3/b19-12-. The fraction of sp³-hybridized carbons (Fsp3) is 0.227. The third-order valence-electron chi connectivity index (χ3n) is 4.33. The van der Waals surface area contributed by atoms with Crippen molar-refractivity contribution in [2.24, 2.45) is 0 Å². The number of thioether (sulfide) groups is 1. The monoisotopic (exact) mass is 461 g/mol. The highest BCUT2D eigenvalue weighted by atomic mass is 32.2. The minimum Gasteiger partial charge on any atom is -0.493 e. The summed E-state index contributed by atoms with van der Waals surface area (Å²) in [7, 11) is 2.70. The molecule has 2 aromatic carbocycles. The van der Waals surface area contributed by atoms with Gasteiger partial charge in [0, 0.05) is 0 Å². The van der Waals surface area contributed by atoms with Crippen molar-refractivity contribution < 1.29 is 37.7 Å². The molecule has 1 aliphatic heterocycles. The molecule has 0 spiro atoms. The first-order valence-corrected chi connectivity index (χ1v) is 10.2. The van der Waals surface area contributed by atoms with E-state index in [0.29, 0.717) is 22.8 Å². The van der Waals surface area contributed by atoms with Gasteiger partial charge in [0.05, 0.1) is 25.7 Å². The van der Waals surface area contributed by atoms with Gasteiger partial charge in [0.25, 0.3) is 11.1 Å². The second-order valence-electron chi connectivity index (χ2n) is 6.41. The average molecular weight is 461 g/mol. The Kier molecular flexibility index (Phi) is 7.72. The molecule has 8 nitrogen and oxygen atoms in total. The molecule has 0 bridgehead atoms. The van der Waals surface area contributed by atoms with Crippen LogP contribution in [0.5, 0.6) is 17.2 Å². The van der Waals surface area contributed by atoms with E-state index >= 15 is 0 Å². The van der Waals surface area contributed by atoms with Crippen LogP contribution in [0.4, 0.5) is 9.18 Å². The number of halogens is 1. The highest BCUT2D eigenvalue weighted by Gasteiger charge is 2.34. The number of carbonyl (C=O) groups is 3. The molecule has 0 unspecified atom stereocenters. The molecule has 32 heavy (non-hydrogen) atoms. The number of rotatable bonds is 9. The number of carbonyl (C=O) groups excluding carboxylic acids is 3. The molecular weight excluding hydrogens is 441 g/mol. The van der Waals surface area contributed by atoms with Crippen LogP contribution < -0.4 is 14.2 Å². The molecule has 1 saturated heterocycles. The van der Waals surface area contributed by atoms with E-state index < -0.39 is 17.1 Å². The van der Waals surface area contributed by atoms with Crippen LogP contribution in [0.2, 0.25) is 0 Å². The Morgan fingerprint density at radius 2 is 1.81 bits per heavy atom. The van der Waals surface area contributed by atoms with Gasteiger partial charge in [0.15, 0.2) is 18.1 Å². The van der Waals surface area contributed by atoms with Gasteiger partial charge in [-0.3, -0.25) is 14.5 Å². The summed E-state index contributed by atoms with van der Waals surface area (Å²) in [5.41, 5.74) is 0.611. The van der Waals surface area contributed by atoms with Crippen molar-refractivity contribution in [1.82, 2.24) is 4.90 Å². The van der Waals surface area contributed by atoms with Crippen LogP contribution in [0.15, 0.2) is 47.4 Å². The zero-order valence-corrected chi connectivity index (χ0v) is 18.1.